The lowest BCUT2D eigenvalue weighted by atomic mass is 10.1. The smallest absolute Gasteiger partial charge is 0.253 e. The summed E-state index contributed by atoms with van der Waals surface area (Å²) < 4.78 is 23.8. The summed E-state index contributed by atoms with van der Waals surface area (Å²) in [6, 6.07) is 14.0. The van der Waals surface area contributed by atoms with Crippen LogP contribution in [0.1, 0.15) is 10.4 Å². The van der Waals surface area contributed by atoms with Crippen LogP contribution in [0, 0.1) is 0 Å². The van der Waals surface area contributed by atoms with E-state index in [1.54, 1.807) is 30.3 Å². The van der Waals surface area contributed by atoms with Gasteiger partial charge in [0.15, 0.2) is 9.84 Å². The van der Waals surface area contributed by atoms with Crippen LogP contribution in [0.5, 0.6) is 0 Å². The SMILES string of the molecule is CN(C)CCNC(=O)c1cccc2nc3ccc4cc(S(C)(=O)=O)ccc4c3nc12. The van der Waals surface area contributed by atoms with Gasteiger partial charge in [0.1, 0.15) is 5.52 Å². The van der Waals surface area contributed by atoms with E-state index in [0.717, 1.165) is 17.3 Å². The molecule has 7 nitrogen and oxygen atoms in total. The van der Waals surface area contributed by atoms with Crippen molar-refractivity contribution in [2.75, 3.05) is 33.4 Å². The molecule has 0 radical (unpaired) electrons. The second-order valence-electron chi connectivity index (χ2n) is 7.54. The summed E-state index contributed by atoms with van der Waals surface area (Å²) in [6.07, 6.45) is 1.18. The highest BCUT2D eigenvalue weighted by molar-refractivity contribution is 7.90. The summed E-state index contributed by atoms with van der Waals surface area (Å²) in [5.41, 5.74) is 2.94. The number of amides is 1. The van der Waals surface area contributed by atoms with Gasteiger partial charge in [-0.2, -0.15) is 0 Å². The van der Waals surface area contributed by atoms with Crippen molar-refractivity contribution < 1.29 is 13.2 Å². The van der Waals surface area contributed by atoms with E-state index in [0.29, 0.717) is 34.2 Å². The van der Waals surface area contributed by atoms with Crippen molar-refractivity contribution in [2.45, 2.75) is 4.90 Å². The molecule has 154 valence electrons. The Morgan fingerprint density at radius 2 is 1.77 bits per heavy atom. The van der Waals surface area contributed by atoms with Gasteiger partial charge in [-0.1, -0.05) is 18.2 Å². The maximum atomic E-state index is 12.7. The van der Waals surface area contributed by atoms with E-state index in [1.165, 1.54) is 6.26 Å². The first-order valence-electron chi connectivity index (χ1n) is 9.50. The molecular weight excluding hydrogens is 400 g/mol. The summed E-state index contributed by atoms with van der Waals surface area (Å²) in [6.45, 7) is 1.26. The second-order valence-corrected chi connectivity index (χ2v) is 9.56. The minimum Gasteiger partial charge on any atom is -0.351 e. The molecule has 8 heteroatoms. The van der Waals surface area contributed by atoms with E-state index in [-0.39, 0.29) is 10.8 Å². The molecule has 0 unspecified atom stereocenters. The van der Waals surface area contributed by atoms with Gasteiger partial charge in [0.25, 0.3) is 5.91 Å². The van der Waals surface area contributed by atoms with E-state index >= 15 is 0 Å². The Hall–Kier alpha value is -3.10. The molecular formula is C22H22N4O3S. The molecule has 0 spiro atoms. The van der Waals surface area contributed by atoms with E-state index in [9.17, 15) is 13.2 Å². The standard InChI is InChI=1S/C22H22N4O3S/c1-26(2)12-11-23-22(27)17-5-4-6-18-21(17)25-20-16-9-8-15(30(3,28)29)13-14(16)7-10-19(20)24-18/h4-10,13H,11-12H2,1-3H3,(H,23,27). The maximum absolute atomic E-state index is 12.7. The quantitative estimate of drug-likeness (QED) is 0.393. The van der Waals surface area contributed by atoms with Crippen LogP contribution in [0.3, 0.4) is 0 Å². The van der Waals surface area contributed by atoms with Gasteiger partial charge in [-0.3, -0.25) is 4.79 Å². The lowest BCUT2D eigenvalue weighted by Gasteiger charge is -2.12. The number of para-hydroxylation sites is 1. The van der Waals surface area contributed by atoms with Crippen molar-refractivity contribution in [2.24, 2.45) is 0 Å². The van der Waals surface area contributed by atoms with Crippen molar-refractivity contribution >= 4 is 48.6 Å². The van der Waals surface area contributed by atoms with Gasteiger partial charge in [-0.15, -0.1) is 0 Å². The van der Waals surface area contributed by atoms with Gasteiger partial charge in [0.05, 0.1) is 27.0 Å². The van der Waals surface area contributed by atoms with E-state index < -0.39 is 9.84 Å². The van der Waals surface area contributed by atoms with Crippen LogP contribution in [-0.4, -0.2) is 62.6 Å². The van der Waals surface area contributed by atoms with Crippen LogP contribution >= 0.6 is 0 Å². The molecule has 0 saturated carbocycles. The molecule has 3 aromatic carbocycles. The lowest BCUT2D eigenvalue weighted by Crippen LogP contribution is -2.31. The van der Waals surface area contributed by atoms with Gasteiger partial charge >= 0.3 is 0 Å². The minimum atomic E-state index is -3.31. The molecule has 0 aliphatic carbocycles. The molecule has 0 saturated heterocycles. The van der Waals surface area contributed by atoms with Gasteiger partial charge in [0.2, 0.25) is 0 Å². The van der Waals surface area contributed by atoms with Crippen molar-refractivity contribution in [1.82, 2.24) is 20.2 Å². The fourth-order valence-corrected chi connectivity index (χ4v) is 4.03. The summed E-state index contributed by atoms with van der Waals surface area (Å²) in [7, 11) is 0.585. The number of hydrogen-bond acceptors (Lipinski definition) is 6. The Morgan fingerprint density at radius 3 is 2.50 bits per heavy atom. The predicted molar refractivity (Wildman–Crippen MR) is 119 cm³/mol. The third kappa shape index (κ3) is 3.83. The molecule has 1 heterocycles. The van der Waals surface area contributed by atoms with Crippen LogP contribution in [0.2, 0.25) is 0 Å². The van der Waals surface area contributed by atoms with Crippen molar-refractivity contribution in [3.63, 3.8) is 0 Å². The number of likely N-dealkylation sites (N-methyl/N-ethyl adjacent to an activating group) is 1. The number of benzene rings is 3. The topological polar surface area (TPSA) is 92.3 Å². The number of rotatable bonds is 5. The fourth-order valence-electron chi connectivity index (χ4n) is 3.37. The van der Waals surface area contributed by atoms with Crippen LogP contribution in [-0.2, 0) is 9.84 Å². The highest BCUT2D eigenvalue weighted by Gasteiger charge is 2.15. The molecule has 0 bridgehead atoms. The first kappa shape index (κ1) is 20.2. The number of hydrogen-bond donors (Lipinski definition) is 1. The molecule has 0 atom stereocenters. The summed E-state index contributed by atoms with van der Waals surface area (Å²) in [4.78, 5) is 24.4. The molecule has 4 aromatic rings. The number of fused-ring (bicyclic) bond motifs is 4. The van der Waals surface area contributed by atoms with Gasteiger partial charge < -0.3 is 10.2 Å². The highest BCUT2D eigenvalue weighted by Crippen LogP contribution is 2.28. The van der Waals surface area contributed by atoms with E-state index in [4.69, 9.17) is 4.98 Å². The number of carbonyl (C=O) groups is 1. The number of carbonyl (C=O) groups excluding carboxylic acids is 1. The first-order chi connectivity index (χ1) is 14.2. The average molecular weight is 423 g/mol. The molecule has 0 aliphatic heterocycles. The maximum Gasteiger partial charge on any atom is 0.253 e. The third-order valence-corrected chi connectivity index (χ3v) is 6.05. The monoisotopic (exact) mass is 422 g/mol. The van der Waals surface area contributed by atoms with Gasteiger partial charge in [-0.25, -0.2) is 18.4 Å². The molecule has 1 N–H and O–H groups in total. The zero-order valence-electron chi connectivity index (χ0n) is 17.0. The molecule has 1 amide bonds. The largest absolute Gasteiger partial charge is 0.351 e. The van der Waals surface area contributed by atoms with E-state index in [1.807, 2.05) is 37.2 Å². The Morgan fingerprint density at radius 1 is 1.00 bits per heavy atom. The van der Waals surface area contributed by atoms with E-state index in [2.05, 4.69) is 10.3 Å². The van der Waals surface area contributed by atoms with Gasteiger partial charge in [0, 0.05) is 24.7 Å². The Kier molecular flexibility index (Phi) is 5.13. The van der Waals surface area contributed by atoms with Crippen LogP contribution in [0.25, 0.3) is 32.8 Å². The fraction of sp³-hybridized carbons (Fsp3) is 0.227. The van der Waals surface area contributed by atoms with Crippen LogP contribution < -0.4 is 5.32 Å². The van der Waals surface area contributed by atoms with Gasteiger partial charge in [-0.05, 0) is 49.8 Å². The summed E-state index contributed by atoms with van der Waals surface area (Å²) >= 11 is 0. The third-order valence-electron chi connectivity index (χ3n) is 4.94. The normalized spacial score (nSPS) is 12.1. The van der Waals surface area contributed by atoms with Crippen molar-refractivity contribution in [1.29, 1.82) is 0 Å². The summed E-state index contributed by atoms with van der Waals surface area (Å²) in [5.74, 6) is -0.198. The molecule has 30 heavy (non-hydrogen) atoms. The average Bonchev–Trinajstić information content (AvgIpc) is 2.70. The number of sulfone groups is 1. The zero-order valence-corrected chi connectivity index (χ0v) is 17.8. The van der Waals surface area contributed by atoms with Crippen LogP contribution in [0.4, 0.5) is 0 Å². The Labute approximate surface area is 174 Å². The number of aromatic nitrogens is 2. The zero-order chi connectivity index (χ0) is 21.5. The predicted octanol–water partition coefficient (Wildman–Crippen LogP) is 2.63. The molecule has 0 aliphatic rings. The highest BCUT2D eigenvalue weighted by atomic mass is 32.2. The number of nitrogens with one attached hydrogen (secondary N) is 1. The first-order valence-corrected chi connectivity index (χ1v) is 11.4. The second kappa shape index (κ2) is 7.62. The minimum absolute atomic E-state index is 0.198. The Balaban J connectivity index is 1.87. The summed E-state index contributed by atoms with van der Waals surface area (Å²) in [5, 5.41) is 4.46. The molecule has 1 aromatic heterocycles. The van der Waals surface area contributed by atoms with Crippen LogP contribution in [0.15, 0.2) is 53.4 Å². The Bertz CT molecular complexity index is 1400. The molecule has 0 fully saturated rings. The van der Waals surface area contributed by atoms with Crippen molar-refractivity contribution in [3.05, 3.63) is 54.1 Å². The number of nitrogens with zero attached hydrogens (tertiary/aromatic N) is 3. The van der Waals surface area contributed by atoms with Crippen molar-refractivity contribution in [3.8, 4) is 0 Å². The molecule has 4 rings (SSSR count). The lowest BCUT2D eigenvalue weighted by molar-refractivity contribution is 0.0952.